The van der Waals surface area contributed by atoms with Crippen molar-refractivity contribution in [1.29, 1.82) is 0 Å². The smallest absolute Gasteiger partial charge is 0.337 e. The minimum absolute atomic E-state index is 0.00821. The number of phenols is 1. The van der Waals surface area contributed by atoms with Crippen LogP contribution in [0.4, 0.5) is 11.4 Å². The molecular formula is C24H24N2O6S. The Balaban J connectivity index is 1.62. The molecule has 0 saturated carbocycles. The number of rotatable bonds is 5. The molecule has 3 aromatic rings. The van der Waals surface area contributed by atoms with Crippen LogP contribution in [0.15, 0.2) is 66.7 Å². The van der Waals surface area contributed by atoms with E-state index in [4.69, 9.17) is 0 Å². The van der Waals surface area contributed by atoms with Gasteiger partial charge in [-0.05, 0) is 41.5 Å². The lowest BCUT2D eigenvalue weighted by atomic mass is 10.0. The zero-order valence-electron chi connectivity index (χ0n) is 17.6. The molecule has 172 valence electrons. The van der Waals surface area contributed by atoms with E-state index in [1.165, 1.54) is 18.2 Å². The van der Waals surface area contributed by atoms with Crippen molar-refractivity contribution in [2.45, 2.75) is 0 Å². The fraction of sp³-hybridized carbons (Fsp3) is 0.167. The van der Waals surface area contributed by atoms with E-state index in [0.29, 0.717) is 18.8 Å². The molecule has 4 rings (SSSR count). The second-order valence-electron chi connectivity index (χ2n) is 7.78. The van der Waals surface area contributed by atoms with Gasteiger partial charge in [-0.1, -0.05) is 36.4 Å². The van der Waals surface area contributed by atoms with Crippen molar-refractivity contribution in [3.8, 4) is 16.9 Å². The Bertz CT molecular complexity index is 1190. The number of carbonyl (C=O) groups is 2. The minimum atomic E-state index is -2.56. The summed E-state index contributed by atoms with van der Waals surface area (Å²) in [7, 11) is -2.56. The molecule has 9 heteroatoms. The predicted molar refractivity (Wildman–Crippen MR) is 130 cm³/mol. The van der Waals surface area contributed by atoms with Gasteiger partial charge in [0.25, 0.3) is 5.91 Å². The van der Waals surface area contributed by atoms with Crippen molar-refractivity contribution in [1.82, 2.24) is 0 Å². The summed E-state index contributed by atoms with van der Waals surface area (Å²) in [4.78, 5) is 26.7. The summed E-state index contributed by atoms with van der Waals surface area (Å²) in [6, 6.07) is 18.6. The van der Waals surface area contributed by atoms with Crippen molar-refractivity contribution in [3.63, 3.8) is 0 Å². The van der Waals surface area contributed by atoms with Crippen LogP contribution in [0.25, 0.3) is 11.1 Å². The summed E-state index contributed by atoms with van der Waals surface area (Å²) in [5.74, 6) is -1.60. The molecule has 0 unspecified atom stereocenters. The van der Waals surface area contributed by atoms with Crippen molar-refractivity contribution in [2.24, 2.45) is 0 Å². The number of aromatic hydroxyl groups is 1. The van der Waals surface area contributed by atoms with E-state index in [9.17, 15) is 28.9 Å². The van der Waals surface area contributed by atoms with Crippen molar-refractivity contribution < 1.29 is 28.9 Å². The molecule has 8 nitrogen and oxygen atoms in total. The standard InChI is InChI=1S/C24H24N2O6S/c27-22-9-7-18(26-10-12-33(31,32)13-11-26)15-20(22)23(28)25-21-14-17(6-8-19(21)24(29)30)16-4-2-1-3-5-16/h1-9,14-15,27,31-32H,10-13H2,(H,25,28)(H,29,30). The average Bonchev–Trinajstić information content (AvgIpc) is 2.80. The maximum Gasteiger partial charge on any atom is 0.337 e. The molecule has 0 radical (unpaired) electrons. The number of phenolic OH excluding ortho intramolecular Hbond substituents is 1. The van der Waals surface area contributed by atoms with Gasteiger partial charge < -0.3 is 20.4 Å². The van der Waals surface area contributed by atoms with Crippen LogP contribution in [-0.2, 0) is 0 Å². The molecule has 0 aromatic heterocycles. The van der Waals surface area contributed by atoms with Gasteiger partial charge in [0.2, 0.25) is 0 Å². The van der Waals surface area contributed by atoms with Gasteiger partial charge in [-0.25, -0.2) is 4.79 Å². The molecule has 5 N–H and O–H groups in total. The maximum absolute atomic E-state index is 13.0. The third kappa shape index (κ3) is 5.11. The van der Waals surface area contributed by atoms with Gasteiger partial charge in [-0.15, -0.1) is 0 Å². The first-order valence-corrected chi connectivity index (χ1v) is 12.2. The van der Waals surface area contributed by atoms with Crippen molar-refractivity contribution in [2.75, 3.05) is 34.8 Å². The fourth-order valence-electron chi connectivity index (χ4n) is 3.72. The van der Waals surface area contributed by atoms with Gasteiger partial charge >= 0.3 is 5.97 Å². The fourth-order valence-corrected chi connectivity index (χ4v) is 4.95. The second-order valence-corrected chi connectivity index (χ2v) is 10.2. The summed E-state index contributed by atoms with van der Waals surface area (Å²) < 4.78 is 19.7. The van der Waals surface area contributed by atoms with Gasteiger partial charge in [0.05, 0.1) is 28.3 Å². The normalized spacial score (nSPS) is 16.1. The number of carbonyl (C=O) groups excluding carboxylic acids is 1. The summed E-state index contributed by atoms with van der Waals surface area (Å²) in [6.45, 7) is 0.826. The summed E-state index contributed by atoms with van der Waals surface area (Å²) in [5.41, 5.74) is 2.30. The first-order chi connectivity index (χ1) is 15.7. The Morgan fingerprint density at radius 2 is 1.55 bits per heavy atom. The van der Waals surface area contributed by atoms with Crippen LogP contribution >= 0.6 is 10.6 Å². The molecule has 1 amide bonds. The topological polar surface area (TPSA) is 130 Å². The van der Waals surface area contributed by atoms with Crippen LogP contribution in [0.3, 0.4) is 0 Å². The monoisotopic (exact) mass is 468 g/mol. The van der Waals surface area contributed by atoms with Crippen LogP contribution in [0.5, 0.6) is 5.75 Å². The number of anilines is 2. The van der Waals surface area contributed by atoms with Gasteiger partial charge in [-0.3, -0.25) is 13.9 Å². The molecule has 3 aromatic carbocycles. The van der Waals surface area contributed by atoms with Crippen LogP contribution < -0.4 is 10.2 Å². The maximum atomic E-state index is 13.0. The van der Waals surface area contributed by atoms with E-state index in [0.717, 1.165) is 11.1 Å². The second kappa shape index (κ2) is 9.14. The quantitative estimate of drug-likeness (QED) is 0.370. The first kappa shape index (κ1) is 22.7. The van der Waals surface area contributed by atoms with E-state index >= 15 is 0 Å². The van der Waals surface area contributed by atoms with Gasteiger partial charge in [0.1, 0.15) is 5.75 Å². The molecule has 1 heterocycles. The zero-order valence-corrected chi connectivity index (χ0v) is 18.5. The molecular weight excluding hydrogens is 444 g/mol. The van der Waals surface area contributed by atoms with E-state index < -0.39 is 22.5 Å². The highest BCUT2D eigenvalue weighted by Crippen LogP contribution is 2.41. The molecule has 1 fully saturated rings. The van der Waals surface area contributed by atoms with Crippen LogP contribution in [0.1, 0.15) is 20.7 Å². The zero-order chi connectivity index (χ0) is 23.6. The number of carboxylic acids is 1. The molecule has 33 heavy (non-hydrogen) atoms. The van der Waals surface area contributed by atoms with E-state index in [1.807, 2.05) is 35.2 Å². The lowest BCUT2D eigenvalue weighted by Gasteiger charge is -2.42. The molecule has 1 saturated heterocycles. The summed E-state index contributed by atoms with van der Waals surface area (Å²) in [5, 5.41) is 22.5. The Morgan fingerprint density at radius 1 is 0.848 bits per heavy atom. The third-order valence-corrected chi connectivity index (χ3v) is 7.24. The molecule has 1 aliphatic rings. The number of hydrogen-bond donors (Lipinski definition) is 5. The number of nitrogens with one attached hydrogen (secondary N) is 1. The van der Waals surface area contributed by atoms with E-state index in [2.05, 4.69) is 5.32 Å². The molecule has 0 aliphatic carbocycles. The highest BCUT2D eigenvalue weighted by Gasteiger charge is 2.24. The van der Waals surface area contributed by atoms with Gasteiger partial charge in [0.15, 0.2) is 0 Å². The van der Waals surface area contributed by atoms with Crippen molar-refractivity contribution in [3.05, 3.63) is 77.9 Å². The van der Waals surface area contributed by atoms with Gasteiger partial charge in [0, 0.05) is 18.8 Å². The Morgan fingerprint density at radius 3 is 2.21 bits per heavy atom. The Labute approximate surface area is 192 Å². The van der Waals surface area contributed by atoms with Crippen LogP contribution in [0.2, 0.25) is 0 Å². The first-order valence-electron chi connectivity index (χ1n) is 10.3. The molecule has 1 aliphatic heterocycles. The van der Waals surface area contributed by atoms with E-state index in [1.54, 1.807) is 18.2 Å². The number of nitrogens with zero attached hydrogens (tertiary/aromatic N) is 1. The Kier molecular flexibility index (Phi) is 6.28. The average molecular weight is 469 g/mol. The van der Waals surface area contributed by atoms with Crippen LogP contribution in [0, 0.1) is 0 Å². The number of amides is 1. The molecule has 0 spiro atoms. The third-order valence-electron chi connectivity index (χ3n) is 5.57. The number of carboxylic acid groups (broad SMARTS) is 1. The number of hydrogen-bond acceptors (Lipinski definition) is 6. The highest BCUT2D eigenvalue weighted by atomic mass is 32.3. The largest absolute Gasteiger partial charge is 0.507 e. The predicted octanol–water partition coefficient (Wildman–Crippen LogP) is 4.58. The Hall–Kier alpha value is -3.53. The summed E-state index contributed by atoms with van der Waals surface area (Å²) in [6.07, 6.45) is 0. The lowest BCUT2D eigenvalue weighted by Crippen LogP contribution is -2.38. The van der Waals surface area contributed by atoms with Crippen LogP contribution in [-0.4, -0.2) is 55.8 Å². The SMILES string of the molecule is O=C(Nc1cc(-c2ccccc2)ccc1C(=O)O)c1cc(N2CCS(O)(O)CC2)ccc1O. The molecule has 0 bridgehead atoms. The minimum Gasteiger partial charge on any atom is -0.507 e. The summed E-state index contributed by atoms with van der Waals surface area (Å²) >= 11 is 0. The highest BCUT2D eigenvalue weighted by molar-refractivity contribution is 8.24. The number of aromatic carboxylic acids is 1. The van der Waals surface area contributed by atoms with Crippen molar-refractivity contribution >= 4 is 33.8 Å². The molecule has 0 atom stereocenters. The number of benzene rings is 3. The lowest BCUT2D eigenvalue weighted by molar-refractivity contribution is 0.0698. The van der Waals surface area contributed by atoms with E-state index in [-0.39, 0.29) is 34.1 Å². The van der Waals surface area contributed by atoms with Gasteiger partial charge in [-0.2, -0.15) is 10.6 Å².